The van der Waals surface area contributed by atoms with E-state index in [4.69, 9.17) is 5.11 Å². The van der Waals surface area contributed by atoms with Gasteiger partial charge < -0.3 is 5.11 Å². The van der Waals surface area contributed by atoms with Gasteiger partial charge in [0.05, 0.1) is 0 Å². The molecule has 0 spiro atoms. The molecule has 120 valence electrons. The number of aliphatic carboxylic acids is 1. The molecule has 2 nitrogen and oxygen atoms in total. The van der Waals surface area contributed by atoms with Crippen LogP contribution >= 0.6 is 0 Å². The first-order valence-corrected chi connectivity index (χ1v) is 8.33. The molecular weight excluding hydrogens is 272 g/mol. The van der Waals surface area contributed by atoms with Gasteiger partial charge in [0.2, 0.25) is 0 Å². The number of rotatable bonds is 8. The van der Waals surface area contributed by atoms with Crippen molar-refractivity contribution in [3.05, 3.63) is 0 Å². The fraction of sp³-hybridized carbons (Fsp3) is 0.650. The van der Waals surface area contributed by atoms with E-state index < -0.39 is 5.97 Å². The molecule has 0 atom stereocenters. The number of carboxylic acids is 1. The van der Waals surface area contributed by atoms with E-state index in [1.807, 2.05) is 0 Å². The van der Waals surface area contributed by atoms with E-state index in [2.05, 4.69) is 49.4 Å². The molecule has 0 aliphatic rings. The Hall–Kier alpha value is -1.85. The zero-order valence-corrected chi connectivity index (χ0v) is 14.0. The third-order valence-corrected chi connectivity index (χ3v) is 3.22. The molecule has 0 rings (SSSR count). The predicted molar refractivity (Wildman–Crippen MR) is 92.0 cm³/mol. The summed E-state index contributed by atoms with van der Waals surface area (Å²) in [6.45, 7) is 4.33. The van der Waals surface area contributed by atoms with Crippen LogP contribution in [0.5, 0.6) is 0 Å². The highest BCUT2D eigenvalue weighted by atomic mass is 16.4. The quantitative estimate of drug-likeness (QED) is 0.524. The van der Waals surface area contributed by atoms with E-state index in [9.17, 15) is 4.79 Å². The first kappa shape index (κ1) is 20.1. The standard InChI is InChI=1S/C20H28O2/c1-3-5-7-9-11-15-19(16-12-10-8-6-4-2)17-13-14-18-20(21)22/h19H,3-8,13,15-17H2,1-2H3,(H,21,22). The maximum absolute atomic E-state index is 10.4. The van der Waals surface area contributed by atoms with Crippen molar-refractivity contribution in [2.24, 2.45) is 5.92 Å². The van der Waals surface area contributed by atoms with Gasteiger partial charge in [0.25, 0.3) is 0 Å². The van der Waals surface area contributed by atoms with Gasteiger partial charge in [-0.1, -0.05) is 32.6 Å². The molecule has 0 saturated heterocycles. The minimum Gasteiger partial charge on any atom is -0.472 e. The van der Waals surface area contributed by atoms with Gasteiger partial charge in [-0.15, -0.1) is 23.7 Å². The van der Waals surface area contributed by atoms with Crippen LogP contribution < -0.4 is 0 Å². The van der Waals surface area contributed by atoms with Gasteiger partial charge in [-0.25, -0.2) is 4.79 Å². The molecular formula is C20H28O2. The molecule has 0 aromatic carbocycles. The van der Waals surface area contributed by atoms with Gasteiger partial charge in [-0.2, -0.15) is 0 Å². The third kappa shape index (κ3) is 14.6. The Morgan fingerprint density at radius 1 is 0.864 bits per heavy atom. The lowest BCUT2D eigenvalue weighted by Crippen LogP contribution is -1.98. The topological polar surface area (TPSA) is 37.3 Å². The number of hydrogen-bond acceptors (Lipinski definition) is 1. The SMILES string of the molecule is CCCCC#CCC(CC#CCCCC)CCC#CC(=O)O. The van der Waals surface area contributed by atoms with Crippen LogP contribution in [-0.4, -0.2) is 11.1 Å². The summed E-state index contributed by atoms with van der Waals surface area (Å²) in [6.07, 6.45) is 9.71. The second-order valence-electron chi connectivity index (χ2n) is 5.33. The summed E-state index contributed by atoms with van der Waals surface area (Å²) in [4.78, 5) is 10.4. The van der Waals surface area contributed by atoms with Gasteiger partial charge in [0.1, 0.15) is 0 Å². The molecule has 0 unspecified atom stereocenters. The number of unbranched alkanes of at least 4 members (excludes halogenated alkanes) is 4. The van der Waals surface area contributed by atoms with E-state index in [1.165, 1.54) is 12.8 Å². The molecule has 0 heterocycles. The van der Waals surface area contributed by atoms with Crippen LogP contribution in [0.15, 0.2) is 0 Å². The van der Waals surface area contributed by atoms with Crippen molar-refractivity contribution in [1.82, 2.24) is 0 Å². The normalized spacial score (nSPS) is 9.05. The Morgan fingerprint density at radius 3 is 1.86 bits per heavy atom. The monoisotopic (exact) mass is 300 g/mol. The van der Waals surface area contributed by atoms with Crippen molar-refractivity contribution >= 4 is 5.97 Å². The zero-order chi connectivity index (χ0) is 16.5. The molecule has 0 aliphatic carbocycles. The van der Waals surface area contributed by atoms with Gasteiger partial charge in [-0.05, 0) is 25.2 Å². The number of hydrogen-bond donors (Lipinski definition) is 1. The molecule has 2 heteroatoms. The van der Waals surface area contributed by atoms with Crippen molar-refractivity contribution in [3.63, 3.8) is 0 Å². The van der Waals surface area contributed by atoms with Crippen molar-refractivity contribution in [2.75, 3.05) is 0 Å². The van der Waals surface area contributed by atoms with Crippen molar-refractivity contribution < 1.29 is 9.90 Å². The molecule has 0 aromatic rings. The molecule has 0 bridgehead atoms. The summed E-state index contributed by atoms with van der Waals surface area (Å²) in [5.41, 5.74) is 0. The minimum atomic E-state index is -1.06. The van der Waals surface area contributed by atoms with Crippen molar-refractivity contribution in [2.45, 2.75) is 78.1 Å². The smallest absolute Gasteiger partial charge is 0.381 e. The van der Waals surface area contributed by atoms with Crippen LogP contribution in [-0.2, 0) is 4.79 Å². The van der Waals surface area contributed by atoms with Crippen molar-refractivity contribution in [3.8, 4) is 35.5 Å². The summed E-state index contributed by atoms with van der Waals surface area (Å²) >= 11 is 0. The summed E-state index contributed by atoms with van der Waals surface area (Å²) in [5.74, 6) is 17.1. The molecule has 0 radical (unpaired) electrons. The van der Waals surface area contributed by atoms with Crippen LogP contribution in [0.4, 0.5) is 0 Å². The molecule has 0 saturated carbocycles. The fourth-order valence-electron chi connectivity index (χ4n) is 1.83. The summed E-state index contributed by atoms with van der Waals surface area (Å²) < 4.78 is 0. The molecule has 1 N–H and O–H groups in total. The second-order valence-corrected chi connectivity index (χ2v) is 5.33. The van der Waals surface area contributed by atoms with Gasteiger partial charge in [-0.3, -0.25) is 0 Å². The molecule has 0 amide bonds. The Kier molecular flexibility index (Phi) is 14.2. The van der Waals surface area contributed by atoms with E-state index in [0.29, 0.717) is 12.3 Å². The molecule has 0 aromatic heterocycles. The van der Waals surface area contributed by atoms with Crippen LogP contribution in [0.3, 0.4) is 0 Å². The van der Waals surface area contributed by atoms with Crippen molar-refractivity contribution in [1.29, 1.82) is 0 Å². The van der Waals surface area contributed by atoms with Crippen LogP contribution in [0.2, 0.25) is 0 Å². The summed E-state index contributed by atoms with van der Waals surface area (Å²) in [6, 6.07) is 0. The van der Waals surface area contributed by atoms with E-state index in [0.717, 1.165) is 44.9 Å². The Labute approximate surface area is 136 Å². The van der Waals surface area contributed by atoms with E-state index in [-0.39, 0.29) is 0 Å². The Bertz CT molecular complexity index is 443. The zero-order valence-electron chi connectivity index (χ0n) is 14.0. The van der Waals surface area contributed by atoms with Gasteiger partial charge in [0, 0.05) is 38.0 Å². The maximum Gasteiger partial charge on any atom is 0.381 e. The predicted octanol–water partition coefficient (Wildman–Crippen LogP) is 4.64. The van der Waals surface area contributed by atoms with Gasteiger partial charge >= 0.3 is 5.97 Å². The van der Waals surface area contributed by atoms with Crippen LogP contribution in [0, 0.1) is 41.4 Å². The first-order chi connectivity index (χ1) is 10.7. The van der Waals surface area contributed by atoms with E-state index in [1.54, 1.807) is 0 Å². The minimum absolute atomic E-state index is 0.395. The van der Waals surface area contributed by atoms with Crippen LogP contribution in [0.25, 0.3) is 0 Å². The lowest BCUT2D eigenvalue weighted by Gasteiger charge is -2.07. The molecule has 0 aliphatic heterocycles. The Balaban J connectivity index is 4.28. The second kappa shape index (κ2) is 15.5. The summed E-state index contributed by atoms with van der Waals surface area (Å²) in [7, 11) is 0. The lowest BCUT2D eigenvalue weighted by molar-refractivity contribution is -0.130. The largest absolute Gasteiger partial charge is 0.472 e. The number of carboxylic acid groups (broad SMARTS) is 1. The van der Waals surface area contributed by atoms with E-state index >= 15 is 0 Å². The fourth-order valence-corrected chi connectivity index (χ4v) is 1.83. The Morgan fingerprint density at radius 2 is 1.41 bits per heavy atom. The maximum atomic E-state index is 10.4. The van der Waals surface area contributed by atoms with Crippen LogP contribution in [0.1, 0.15) is 78.1 Å². The summed E-state index contributed by atoms with van der Waals surface area (Å²) in [5, 5.41) is 8.51. The highest BCUT2D eigenvalue weighted by Gasteiger charge is 2.04. The number of carbonyl (C=O) groups is 1. The first-order valence-electron chi connectivity index (χ1n) is 8.33. The molecule has 0 fully saturated rings. The lowest BCUT2D eigenvalue weighted by atomic mass is 9.96. The average Bonchev–Trinajstić information content (AvgIpc) is 2.50. The average molecular weight is 300 g/mol. The highest BCUT2D eigenvalue weighted by Crippen LogP contribution is 2.14. The highest BCUT2D eigenvalue weighted by molar-refractivity contribution is 5.86. The third-order valence-electron chi connectivity index (χ3n) is 3.22. The van der Waals surface area contributed by atoms with Gasteiger partial charge in [0.15, 0.2) is 0 Å². The molecule has 22 heavy (non-hydrogen) atoms.